The van der Waals surface area contributed by atoms with E-state index in [0.29, 0.717) is 21.9 Å². The first-order valence-electron chi connectivity index (χ1n) is 9.99. The highest BCUT2D eigenvalue weighted by Crippen LogP contribution is 2.28. The lowest BCUT2D eigenvalue weighted by Gasteiger charge is -2.40. The van der Waals surface area contributed by atoms with Gasteiger partial charge < -0.3 is 15.1 Å². The number of hydrogen-bond acceptors (Lipinski definition) is 6. The summed E-state index contributed by atoms with van der Waals surface area (Å²) < 4.78 is 13.0. The zero-order valence-corrected chi connectivity index (χ0v) is 17.0. The molecule has 2 aromatic heterocycles. The van der Waals surface area contributed by atoms with Gasteiger partial charge in [0.1, 0.15) is 16.5 Å². The number of nitrogens with one attached hydrogen (secondary N) is 1. The summed E-state index contributed by atoms with van der Waals surface area (Å²) in [7, 11) is 0. The Kier molecular flexibility index (Phi) is 5.87. The minimum absolute atomic E-state index is 0.0622. The Bertz CT molecular complexity index is 811. The number of carbonyl (C=O) groups excluding carboxylic acids is 1. The number of amides is 1. The van der Waals surface area contributed by atoms with Crippen LogP contribution in [-0.2, 0) is 0 Å². The predicted molar refractivity (Wildman–Crippen MR) is 109 cm³/mol. The molecule has 2 saturated heterocycles. The average molecular weight is 404 g/mol. The van der Waals surface area contributed by atoms with Crippen molar-refractivity contribution in [2.24, 2.45) is 0 Å². The van der Waals surface area contributed by atoms with Crippen molar-refractivity contribution in [1.82, 2.24) is 19.8 Å². The summed E-state index contributed by atoms with van der Waals surface area (Å²) >= 11 is 1.33. The van der Waals surface area contributed by atoms with Crippen LogP contribution in [0.4, 0.5) is 15.3 Å². The number of pyridine rings is 1. The Balaban J connectivity index is 1.37. The zero-order chi connectivity index (χ0) is 19.5. The average Bonchev–Trinajstić information content (AvgIpc) is 3.10. The summed E-state index contributed by atoms with van der Waals surface area (Å²) in [6.07, 6.45) is 7.21. The molecule has 28 heavy (non-hydrogen) atoms. The van der Waals surface area contributed by atoms with Crippen LogP contribution in [0.3, 0.4) is 0 Å². The smallest absolute Gasteiger partial charge is 0.265 e. The van der Waals surface area contributed by atoms with Crippen LogP contribution < -0.4 is 5.32 Å². The summed E-state index contributed by atoms with van der Waals surface area (Å²) in [5, 5.41) is 3.65. The van der Waals surface area contributed by atoms with Crippen molar-refractivity contribution in [2.45, 2.75) is 45.1 Å². The number of thiazole rings is 1. The van der Waals surface area contributed by atoms with E-state index in [0.717, 1.165) is 37.8 Å². The maximum atomic E-state index is 13.0. The van der Waals surface area contributed by atoms with Gasteiger partial charge in [0.2, 0.25) is 0 Å². The maximum absolute atomic E-state index is 13.0. The minimum atomic E-state index is -0.385. The van der Waals surface area contributed by atoms with E-state index in [4.69, 9.17) is 0 Å². The summed E-state index contributed by atoms with van der Waals surface area (Å²) in [5.41, 5.74) is 0.720. The number of rotatable bonds is 4. The molecule has 0 aliphatic carbocycles. The number of likely N-dealkylation sites (tertiary alicyclic amines) is 2. The van der Waals surface area contributed by atoms with Crippen molar-refractivity contribution in [3.05, 3.63) is 34.7 Å². The van der Waals surface area contributed by atoms with Crippen LogP contribution in [0, 0.1) is 12.7 Å². The fourth-order valence-corrected chi connectivity index (χ4v) is 5.01. The highest BCUT2D eigenvalue weighted by Gasteiger charge is 2.29. The van der Waals surface area contributed by atoms with Gasteiger partial charge in [-0.3, -0.25) is 4.79 Å². The van der Waals surface area contributed by atoms with E-state index >= 15 is 0 Å². The zero-order valence-electron chi connectivity index (χ0n) is 16.2. The largest absolute Gasteiger partial charge is 0.338 e. The molecule has 0 spiro atoms. The predicted octanol–water partition coefficient (Wildman–Crippen LogP) is 3.82. The molecule has 2 fully saturated rings. The topological polar surface area (TPSA) is 61.4 Å². The Morgan fingerprint density at radius 3 is 2.61 bits per heavy atom. The molecule has 1 amide bonds. The lowest BCUT2D eigenvalue weighted by molar-refractivity contribution is 0.0593. The van der Waals surface area contributed by atoms with Crippen molar-refractivity contribution in [2.75, 3.05) is 31.5 Å². The van der Waals surface area contributed by atoms with Gasteiger partial charge in [-0.15, -0.1) is 0 Å². The first-order chi connectivity index (χ1) is 13.6. The number of halogens is 1. The second-order valence-corrected chi connectivity index (χ2v) is 8.54. The van der Waals surface area contributed by atoms with E-state index in [1.807, 2.05) is 11.8 Å². The van der Waals surface area contributed by atoms with Gasteiger partial charge in [-0.1, -0.05) is 17.8 Å². The number of hydrogen-bond donors (Lipinski definition) is 1. The van der Waals surface area contributed by atoms with Gasteiger partial charge in [0.05, 0.1) is 11.9 Å². The summed E-state index contributed by atoms with van der Waals surface area (Å²) in [6.45, 7) is 5.88. The molecule has 6 nitrogen and oxygen atoms in total. The van der Waals surface area contributed by atoms with Crippen LogP contribution in [0.25, 0.3) is 0 Å². The SMILES string of the molecule is Cc1nc(Nc2ccc(F)cn2)sc1C(=O)N1CCC(N2CCCCC2)CC1. The van der Waals surface area contributed by atoms with Gasteiger partial charge in [-0.05, 0) is 57.8 Å². The molecular formula is C20H26FN5OS. The number of anilines is 2. The van der Waals surface area contributed by atoms with Crippen molar-refractivity contribution in [3.63, 3.8) is 0 Å². The standard InChI is InChI=1S/C20H26FN5OS/c1-14-18(28-20(23-14)24-17-6-5-15(21)13-22-17)19(27)26-11-7-16(8-12-26)25-9-3-2-4-10-25/h5-6,13,16H,2-4,7-12H2,1H3,(H,22,23,24). The molecule has 2 aliphatic heterocycles. The van der Waals surface area contributed by atoms with Gasteiger partial charge in [-0.25, -0.2) is 14.4 Å². The van der Waals surface area contributed by atoms with E-state index < -0.39 is 0 Å². The van der Waals surface area contributed by atoms with Crippen LogP contribution in [0.5, 0.6) is 0 Å². The third-order valence-electron chi connectivity index (χ3n) is 5.61. The highest BCUT2D eigenvalue weighted by molar-refractivity contribution is 7.17. The summed E-state index contributed by atoms with van der Waals surface area (Å²) in [6, 6.07) is 3.52. The quantitative estimate of drug-likeness (QED) is 0.841. The van der Waals surface area contributed by atoms with Crippen molar-refractivity contribution in [1.29, 1.82) is 0 Å². The molecule has 0 unspecified atom stereocenters. The van der Waals surface area contributed by atoms with Crippen LogP contribution >= 0.6 is 11.3 Å². The van der Waals surface area contributed by atoms with E-state index in [1.54, 1.807) is 6.07 Å². The summed E-state index contributed by atoms with van der Waals surface area (Å²) in [4.78, 5) is 26.7. The first-order valence-corrected chi connectivity index (χ1v) is 10.8. The number of aromatic nitrogens is 2. The molecule has 2 aromatic rings. The molecule has 0 atom stereocenters. The molecule has 2 aliphatic rings. The molecule has 4 rings (SSSR count). The van der Waals surface area contributed by atoms with Crippen LogP contribution in [0.2, 0.25) is 0 Å². The lowest BCUT2D eigenvalue weighted by atomic mass is 10.00. The second kappa shape index (κ2) is 8.53. The molecule has 0 radical (unpaired) electrons. The third kappa shape index (κ3) is 4.33. The Morgan fingerprint density at radius 2 is 1.93 bits per heavy atom. The van der Waals surface area contributed by atoms with E-state index in [9.17, 15) is 9.18 Å². The fourth-order valence-electron chi connectivity index (χ4n) is 4.07. The molecule has 1 N–H and O–H groups in total. The molecule has 4 heterocycles. The molecule has 8 heteroatoms. The first kappa shape index (κ1) is 19.3. The Labute approximate surface area is 168 Å². The van der Waals surface area contributed by atoms with Gasteiger partial charge in [0, 0.05) is 19.1 Å². The third-order valence-corrected chi connectivity index (χ3v) is 6.67. The van der Waals surface area contributed by atoms with Crippen molar-refractivity contribution >= 4 is 28.2 Å². The Hall–Kier alpha value is -2.06. The van der Waals surface area contributed by atoms with Crippen LogP contribution in [0.1, 0.15) is 47.5 Å². The molecule has 0 bridgehead atoms. The van der Waals surface area contributed by atoms with Gasteiger partial charge in [-0.2, -0.15) is 0 Å². The number of piperidine rings is 2. The van der Waals surface area contributed by atoms with Gasteiger partial charge in [0.25, 0.3) is 5.91 Å². The van der Waals surface area contributed by atoms with Gasteiger partial charge in [0.15, 0.2) is 5.13 Å². The number of aryl methyl sites for hydroxylation is 1. The van der Waals surface area contributed by atoms with Crippen molar-refractivity contribution in [3.8, 4) is 0 Å². The van der Waals surface area contributed by atoms with Crippen LogP contribution in [-0.4, -0.2) is 57.9 Å². The molecule has 0 saturated carbocycles. The lowest BCUT2D eigenvalue weighted by Crippen LogP contribution is -2.48. The van der Waals surface area contributed by atoms with Gasteiger partial charge >= 0.3 is 0 Å². The molecular weight excluding hydrogens is 377 g/mol. The number of nitrogens with zero attached hydrogens (tertiary/aromatic N) is 4. The highest BCUT2D eigenvalue weighted by atomic mass is 32.1. The van der Waals surface area contributed by atoms with E-state index in [2.05, 4.69) is 20.2 Å². The van der Waals surface area contributed by atoms with Crippen LogP contribution in [0.15, 0.2) is 18.3 Å². The fraction of sp³-hybridized carbons (Fsp3) is 0.550. The number of carbonyl (C=O) groups is 1. The monoisotopic (exact) mass is 403 g/mol. The van der Waals surface area contributed by atoms with E-state index in [-0.39, 0.29) is 11.7 Å². The second-order valence-electron chi connectivity index (χ2n) is 7.54. The summed E-state index contributed by atoms with van der Waals surface area (Å²) in [5.74, 6) is 0.188. The van der Waals surface area contributed by atoms with Crippen molar-refractivity contribution < 1.29 is 9.18 Å². The Morgan fingerprint density at radius 1 is 1.18 bits per heavy atom. The maximum Gasteiger partial charge on any atom is 0.265 e. The molecule has 150 valence electrons. The minimum Gasteiger partial charge on any atom is -0.338 e. The van der Waals surface area contributed by atoms with E-state index in [1.165, 1.54) is 49.8 Å². The normalized spacial score (nSPS) is 19.0. The molecule has 0 aromatic carbocycles.